The molecule has 26 heavy (non-hydrogen) atoms. The van der Waals surface area contributed by atoms with Crippen LogP contribution >= 0.6 is 22.7 Å². The maximum absolute atomic E-state index is 13.8. The fourth-order valence-corrected chi connectivity index (χ4v) is 3.68. The van der Waals surface area contributed by atoms with Crippen molar-refractivity contribution in [3.05, 3.63) is 63.5 Å². The molecule has 2 aromatic heterocycles. The zero-order chi connectivity index (χ0) is 18.4. The van der Waals surface area contributed by atoms with Gasteiger partial charge in [0.2, 0.25) is 0 Å². The molecule has 0 bridgehead atoms. The normalized spacial score (nSPS) is 10.5. The van der Waals surface area contributed by atoms with Crippen molar-refractivity contribution < 1.29 is 14.0 Å². The zero-order valence-electron chi connectivity index (χ0n) is 13.7. The summed E-state index contributed by atoms with van der Waals surface area (Å²) in [5.74, 6) is -0.788. The van der Waals surface area contributed by atoms with Gasteiger partial charge in [0.15, 0.2) is 0 Å². The van der Waals surface area contributed by atoms with E-state index >= 15 is 0 Å². The quantitative estimate of drug-likeness (QED) is 0.607. The molecule has 0 radical (unpaired) electrons. The van der Waals surface area contributed by atoms with Crippen LogP contribution in [0.4, 0.5) is 4.39 Å². The number of carbonyl (C=O) groups excluding carboxylic acids is 2. The van der Waals surface area contributed by atoms with Gasteiger partial charge in [-0.25, -0.2) is 9.37 Å². The van der Waals surface area contributed by atoms with Gasteiger partial charge in [-0.3, -0.25) is 9.59 Å². The molecule has 3 aromatic rings. The van der Waals surface area contributed by atoms with E-state index in [9.17, 15) is 14.0 Å². The lowest BCUT2D eigenvalue weighted by Crippen LogP contribution is -2.29. The van der Waals surface area contributed by atoms with Gasteiger partial charge in [0.25, 0.3) is 11.8 Å². The lowest BCUT2D eigenvalue weighted by atomic mass is 10.2. The Morgan fingerprint density at radius 2 is 1.77 bits per heavy atom. The lowest BCUT2D eigenvalue weighted by Gasteiger charge is -2.05. The Morgan fingerprint density at radius 1 is 1.00 bits per heavy atom. The summed E-state index contributed by atoms with van der Waals surface area (Å²) in [6, 6.07) is 9.91. The standard InChI is InChI=1S/C18H16FN3O2S2/c19-13-6-2-1-5-12(13)18-22-14(11-26-18)16(23)20-8-4-9-21-17(24)15-7-3-10-25-15/h1-3,5-7,10-11H,4,8-9H2,(H,20,23)(H,21,24). The predicted molar refractivity (Wildman–Crippen MR) is 101 cm³/mol. The summed E-state index contributed by atoms with van der Waals surface area (Å²) < 4.78 is 13.8. The van der Waals surface area contributed by atoms with Crippen LogP contribution in [0.1, 0.15) is 26.6 Å². The number of nitrogens with one attached hydrogen (secondary N) is 2. The molecule has 2 N–H and O–H groups in total. The number of nitrogens with zero attached hydrogens (tertiary/aromatic N) is 1. The Bertz CT molecular complexity index is 893. The first-order valence-corrected chi connectivity index (χ1v) is 9.71. The van der Waals surface area contributed by atoms with Crippen LogP contribution in [-0.4, -0.2) is 29.9 Å². The molecule has 1 aromatic carbocycles. The molecule has 2 heterocycles. The molecule has 0 saturated carbocycles. The third kappa shape index (κ3) is 4.53. The van der Waals surface area contributed by atoms with Gasteiger partial charge >= 0.3 is 0 Å². The van der Waals surface area contributed by atoms with Crippen LogP contribution in [0.3, 0.4) is 0 Å². The molecule has 0 aliphatic rings. The lowest BCUT2D eigenvalue weighted by molar-refractivity contribution is 0.0949. The summed E-state index contributed by atoms with van der Waals surface area (Å²) in [5.41, 5.74) is 0.642. The molecule has 0 unspecified atom stereocenters. The zero-order valence-corrected chi connectivity index (χ0v) is 15.3. The van der Waals surface area contributed by atoms with E-state index < -0.39 is 0 Å². The summed E-state index contributed by atoms with van der Waals surface area (Å²) in [6.45, 7) is 0.880. The molecule has 0 saturated heterocycles. The van der Waals surface area contributed by atoms with E-state index in [2.05, 4.69) is 15.6 Å². The maximum Gasteiger partial charge on any atom is 0.270 e. The molecule has 0 aliphatic heterocycles. The number of carbonyl (C=O) groups is 2. The van der Waals surface area contributed by atoms with E-state index in [4.69, 9.17) is 0 Å². The Morgan fingerprint density at radius 3 is 2.50 bits per heavy atom. The van der Waals surface area contributed by atoms with Crippen molar-refractivity contribution in [1.29, 1.82) is 0 Å². The Labute approximate surface area is 157 Å². The number of halogens is 1. The molecule has 0 fully saturated rings. The third-order valence-corrected chi connectivity index (χ3v) is 5.25. The molecule has 0 atom stereocenters. The second kappa shape index (κ2) is 8.68. The SMILES string of the molecule is O=C(NCCCNC(=O)c1cccs1)c1csc(-c2ccccc2F)n1. The maximum atomic E-state index is 13.8. The van der Waals surface area contributed by atoms with E-state index in [1.54, 1.807) is 29.6 Å². The number of thiazole rings is 1. The van der Waals surface area contributed by atoms with Crippen molar-refractivity contribution in [2.75, 3.05) is 13.1 Å². The van der Waals surface area contributed by atoms with Crippen molar-refractivity contribution >= 4 is 34.5 Å². The summed E-state index contributed by atoms with van der Waals surface area (Å²) in [6.07, 6.45) is 0.604. The number of amides is 2. The van der Waals surface area contributed by atoms with Crippen molar-refractivity contribution in [1.82, 2.24) is 15.6 Å². The van der Waals surface area contributed by atoms with Crippen LogP contribution in [0.2, 0.25) is 0 Å². The van der Waals surface area contributed by atoms with Crippen LogP contribution in [0.15, 0.2) is 47.2 Å². The van der Waals surface area contributed by atoms with Crippen LogP contribution in [0.25, 0.3) is 10.6 Å². The number of thiophene rings is 1. The van der Waals surface area contributed by atoms with Crippen LogP contribution < -0.4 is 10.6 Å². The second-order valence-electron chi connectivity index (χ2n) is 5.36. The first-order valence-electron chi connectivity index (χ1n) is 7.95. The van der Waals surface area contributed by atoms with Gasteiger partial charge in [-0.15, -0.1) is 22.7 Å². The molecule has 8 heteroatoms. The van der Waals surface area contributed by atoms with Crippen LogP contribution in [-0.2, 0) is 0 Å². The highest BCUT2D eigenvalue weighted by Crippen LogP contribution is 2.25. The fraction of sp³-hybridized carbons (Fsp3) is 0.167. The van der Waals surface area contributed by atoms with Crippen molar-refractivity contribution in [3.8, 4) is 10.6 Å². The second-order valence-corrected chi connectivity index (χ2v) is 7.17. The average Bonchev–Trinajstić information content (AvgIpc) is 3.33. The third-order valence-electron chi connectivity index (χ3n) is 3.51. The Kier molecular flexibility index (Phi) is 6.08. The highest BCUT2D eigenvalue weighted by atomic mass is 32.1. The summed E-state index contributed by atoms with van der Waals surface area (Å²) in [5, 5.41) is 9.47. The largest absolute Gasteiger partial charge is 0.351 e. The van der Waals surface area contributed by atoms with Crippen LogP contribution in [0.5, 0.6) is 0 Å². The minimum absolute atomic E-state index is 0.111. The first-order chi connectivity index (χ1) is 12.6. The first kappa shape index (κ1) is 18.2. The summed E-state index contributed by atoms with van der Waals surface area (Å²) >= 11 is 2.61. The monoisotopic (exact) mass is 389 g/mol. The minimum Gasteiger partial charge on any atom is -0.351 e. The summed E-state index contributed by atoms with van der Waals surface area (Å²) in [7, 11) is 0. The Hall–Kier alpha value is -2.58. The van der Waals surface area contributed by atoms with Gasteiger partial charge in [0, 0.05) is 24.0 Å². The van der Waals surface area contributed by atoms with E-state index in [0.29, 0.717) is 35.0 Å². The van der Waals surface area contributed by atoms with Gasteiger partial charge in [-0.1, -0.05) is 18.2 Å². The molecule has 3 rings (SSSR count). The van der Waals surface area contributed by atoms with Crippen molar-refractivity contribution in [3.63, 3.8) is 0 Å². The number of hydrogen-bond donors (Lipinski definition) is 2. The summed E-state index contributed by atoms with van der Waals surface area (Å²) in [4.78, 5) is 28.7. The van der Waals surface area contributed by atoms with E-state index in [1.807, 2.05) is 11.4 Å². The molecule has 134 valence electrons. The van der Waals surface area contributed by atoms with Gasteiger partial charge < -0.3 is 10.6 Å². The van der Waals surface area contributed by atoms with Gasteiger partial charge in [-0.2, -0.15) is 0 Å². The number of benzene rings is 1. The predicted octanol–water partition coefficient (Wildman–Crippen LogP) is 3.56. The van der Waals surface area contributed by atoms with Gasteiger partial charge in [-0.05, 0) is 30.0 Å². The van der Waals surface area contributed by atoms with Gasteiger partial charge in [0.1, 0.15) is 16.5 Å². The van der Waals surface area contributed by atoms with E-state index in [-0.39, 0.29) is 23.3 Å². The molecule has 0 spiro atoms. The number of rotatable bonds is 7. The number of aromatic nitrogens is 1. The smallest absolute Gasteiger partial charge is 0.270 e. The highest BCUT2D eigenvalue weighted by molar-refractivity contribution is 7.13. The molecule has 2 amide bonds. The fourth-order valence-electron chi connectivity index (χ4n) is 2.21. The minimum atomic E-state index is -0.365. The topological polar surface area (TPSA) is 71.1 Å². The van der Waals surface area contributed by atoms with Crippen molar-refractivity contribution in [2.45, 2.75) is 6.42 Å². The van der Waals surface area contributed by atoms with E-state index in [0.717, 1.165) is 0 Å². The molecular formula is C18H16FN3O2S2. The molecule has 0 aliphatic carbocycles. The van der Waals surface area contributed by atoms with E-state index in [1.165, 1.54) is 28.7 Å². The molecule has 5 nitrogen and oxygen atoms in total. The average molecular weight is 389 g/mol. The number of hydrogen-bond acceptors (Lipinski definition) is 5. The Balaban J connectivity index is 1.44. The van der Waals surface area contributed by atoms with Gasteiger partial charge in [0.05, 0.1) is 4.88 Å². The van der Waals surface area contributed by atoms with Crippen LogP contribution in [0, 0.1) is 5.82 Å². The molecular weight excluding hydrogens is 373 g/mol. The van der Waals surface area contributed by atoms with Crippen molar-refractivity contribution in [2.24, 2.45) is 0 Å². The highest BCUT2D eigenvalue weighted by Gasteiger charge is 2.13.